The van der Waals surface area contributed by atoms with Gasteiger partial charge < -0.3 is 10.2 Å². The molecule has 0 heterocycles. The summed E-state index contributed by atoms with van der Waals surface area (Å²) in [6, 6.07) is 6.10. The third kappa shape index (κ3) is 3.90. The number of halogens is 1. The second kappa shape index (κ2) is 5.51. The van der Waals surface area contributed by atoms with Gasteiger partial charge in [-0.3, -0.25) is 0 Å². The molecule has 1 aromatic rings. The predicted molar refractivity (Wildman–Crippen MR) is 76.5 cm³/mol. The van der Waals surface area contributed by atoms with Gasteiger partial charge in [-0.1, -0.05) is 32.9 Å². The fraction of sp³-hybridized carbons (Fsp3) is 0.571. The summed E-state index contributed by atoms with van der Waals surface area (Å²) in [6.45, 7) is 11.5. The molecule has 0 fully saturated rings. The molecule has 0 bridgehead atoms. The lowest BCUT2D eigenvalue weighted by atomic mass is 10.1. The van der Waals surface area contributed by atoms with Crippen molar-refractivity contribution in [1.82, 2.24) is 0 Å². The maximum atomic E-state index is 12.8. The molecule has 2 nitrogen and oxygen atoms in total. The first kappa shape index (κ1) is 15.3. The van der Waals surface area contributed by atoms with E-state index in [1.165, 1.54) is 12.1 Å². The number of benzene rings is 1. The van der Waals surface area contributed by atoms with Crippen LogP contribution in [0.3, 0.4) is 0 Å². The Labute approximate surface area is 110 Å². The van der Waals surface area contributed by atoms with Crippen LogP contribution in [0.2, 0.25) is 18.1 Å². The molecule has 0 saturated carbocycles. The fourth-order valence-electron chi connectivity index (χ4n) is 1.32. The first-order valence-corrected chi connectivity index (χ1v) is 9.19. The standard InChI is InChI=1S/C14H24FNOSi/c1-14(2,3)18(4,5)17-10-13(16)11-6-8-12(15)9-7-11/h6-9,13H,10,16H2,1-5H3/t13-/m0/s1. The summed E-state index contributed by atoms with van der Waals surface area (Å²) in [5.41, 5.74) is 6.98. The Balaban J connectivity index is 2.61. The van der Waals surface area contributed by atoms with Crippen LogP contribution in [0.5, 0.6) is 0 Å². The fourth-order valence-corrected chi connectivity index (χ4v) is 2.35. The number of hydrogen-bond acceptors (Lipinski definition) is 2. The van der Waals surface area contributed by atoms with E-state index in [4.69, 9.17) is 10.2 Å². The monoisotopic (exact) mass is 269 g/mol. The molecule has 4 heteroatoms. The smallest absolute Gasteiger partial charge is 0.192 e. The molecule has 0 amide bonds. The van der Waals surface area contributed by atoms with Gasteiger partial charge in [-0.15, -0.1) is 0 Å². The Morgan fingerprint density at radius 1 is 1.22 bits per heavy atom. The highest BCUT2D eigenvalue weighted by Gasteiger charge is 2.37. The van der Waals surface area contributed by atoms with Crippen molar-refractivity contribution < 1.29 is 8.82 Å². The normalized spacial score (nSPS) is 14.6. The average molecular weight is 269 g/mol. The topological polar surface area (TPSA) is 35.2 Å². The van der Waals surface area contributed by atoms with Gasteiger partial charge in [-0.2, -0.15) is 0 Å². The van der Waals surface area contributed by atoms with Crippen LogP contribution < -0.4 is 5.73 Å². The Morgan fingerprint density at radius 2 is 1.72 bits per heavy atom. The van der Waals surface area contributed by atoms with E-state index in [1.54, 1.807) is 12.1 Å². The molecule has 0 unspecified atom stereocenters. The molecule has 2 N–H and O–H groups in total. The molecule has 1 aromatic carbocycles. The van der Waals surface area contributed by atoms with Gasteiger partial charge >= 0.3 is 0 Å². The number of nitrogens with two attached hydrogens (primary N) is 1. The Bertz CT molecular complexity index is 384. The van der Waals surface area contributed by atoms with Gasteiger partial charge in [0.05, 0.1) is 12.6 Å². The van der Waals surface area contributed by atoms with Crippen LogP contribution in [-0.2, 0) is 4.43 Å². The SMILES string of the molecule is CC(C)(C)[Si](C)(C)OC[C@H](N)c1ccc(F)cc1. The van der Waals surface area contributed by atoms with Crippen LogP contribution >= 0.6 is 0 Å². The summed E-state index contributed by atoms with van der Waals surface area (Å²) in [5, 5.41) is 0.176. The summed E-state index contributed by atoms with van der Waals surface area (Å²) >= 11 is 0. The van der Waals surface area contributed by atoms with Crippen LogP contribution in [0.4, 0.5) is 4.39 Å². The van der Waals surface area contributed by atoms with Crippen molar-refractivity contribution in [1.29, 1.82) is 0 Å². The minimum atomic E-state index is -1.77. The molecular formula is C14H24FNOSi. The lowest BCUT2D eigenvalue weighted by Crippen LogP contribution is -2.42. The zero-order chi connectivity index (χ0) is 14.0. The zero-order valence-corrected chi connectivity index (χ0v) is 13.0. The summed E-state index contributed by atoms with van der Waals surface area (Å²) in [4.78, 5) is 0. The van der Waals surface area contributed by atoms with Gasteiger partial charge in [0, 0.05) is 0 Å². The lowest BCUT2D eigenvalue weighted by molar-refractivity contribution is 0.264. The highest BCUT2D eigenvalue weighted by Crippen LogP contribution is 2.36. The maximum absolute atomic E-state index is 12.8. The van der Waals surface area contributed by atoms with Crippen molar-refractivity contribution in [2.75, 3.05) is 6.61 Å². The molecule has 1 rings (SSSR count). The predicted octanol–water partition coefficient (Wildman–Crippen LogP) is 3.85. The summed E-state index contributed by atoms with van der Waals surface area (Å²) in [7, 11) is -1.77. The van der Waals surface area contributed by atoms with Crippen LogP contribution in [0.1, 0.15) is 32.4 Å². The van der Waals surface area contributed by atoms with Crippen molar-refractivity contribution in [3.63, 3.8) is 0 Å². The summed E-state index contributed by atoms with van der Waals surface area (Å²) < 4.78 is 18.9. The third-order valence-corrected chi connectivity index (χ3v) is 8.23. The molecule has 0 aliphatic carbocycles. The second-order valence-corrected chi connectivity index (χ2v) is 11.0. The van der Waals surface area contributed by atoms with Gasteiger partial charge in [-0.25, -0.2) is 4.39 Å². The van der Waals surface area contributed by atoms with Crippen LogP contribution in [0, 0.1) is 5.82 Å². The highest BCUT2D eigenvalue weighted by atomic mass is 28.4. The van der Waals surface area contributed by atoms with Gasteiger partial charge in [-0.05, 0) is 35.8 Å². The van der Waals surface area contributed by atoms with E-state index in [2.05, 4.69) is 33.9 Å². The molecule has 1 atom stereocenters. The van der Waals surface area contributed by atoms with Crippen LogP contribution in [0.15, 0.2) is 24.3 Å². The van der Waals surface area contributed by atoms with Crippen molar-refractivity contribution in [2.24, 2.45) is 5.73 Å². The maximum Gasteiger partial charge on any atom is 0.192 e. The molecular weight excluding hydrogens is 245 g/mol. The van der Waals surface area contributed by atoms with E-state index in [9.17, 15) is 4.39 Å². The van der Waals surface area contributed by atoms with Crippen molar-refractivity contribution in [2.45, 2.75) is 44.9 Å². The average Bonchev–Trinajstić information content (AvgIpc) is 2.25. The van der Waals surface area contributed by atoms with E-state index < -0.39 is 8.32 Å². The largest absolute Gasteiger partial charge is 0.415 e. The summed E-state index contributed by atoms with van der Waals surface area (Å²) in [6.07, 6.45) is 0. The van der Waals surface area contributed by atoms with Crippen molar-refractivity contribution >= 4 is 8.32 Å². The number of rotatable bonds is 4. The zero-order valence-electron chi connectivity index (χ0n) is 12.0. The van der Waals surface area contributed by atoms with Crippen molar-refractivity contribution in [3.8, 4) is 0 Å². The molecule has 0 aliphatic heterocycles. The van der Waals surface area contributed by atoms with E-state index in [0.717, 1.165) is 5.56 Å². The van der Waals surface area contributed by atoms with Crippen LogP contribution in [-0.4, -0.2) is 14.9 Å². The third-order valence-electron chi connectivity index (χ3n) is 3.73. The minimum absolute atomic E-state index is 0.176. The lowest BCUT2D eigenvalue weighted by Gasteiger charge is -2.37. The van der Waals surface area contributed by atoms with Crippen molar-refractivity contribution in [3.05, 3.63) is 35.6 Å². The minimum Gasteiger partial charge on any atom is -0.415 e. The first-order valence-electron chi connectivity index (χ1n) is 6.28. The quantitative estimate of drug-likeness (QED) is 0.843. The molecule has 0 spiro atoms. The Kier molecular flexibility index (Phi) is 4.70. The van der Waals surface area contributed by atoms with Gasteiger partial charge in [0.1, 0.15) is 5.82 Å². The molecule has 0 radical (unpaired) electrons. The van der Waals surface area contributed by atoms with Gasteiger partial charge in [0.25, 0.3) is 0 Å². The van der Waals surface area contributed by atoms with E-state index in [-0.39, 0.29) is 16.9 Å². The highest BCUT2D eigenvalue weighted by molar-refractivity contribution is 6.74. The second-order valence-electron chi connectivity index (χ2n) is 6.23. The van der Waals surface area contributed by atoms with E-state index in [0.29, 0.717) is 6.61 Å². The first-order chi connectivity index (χ1) is 8.13. The molecule has 18 heavy (non-hydrogen) atoms. The van der Waals surface area contributed by atoms with E-state index in [1.807, 2.05) is 0 Å². The van der Waals surface area contributed by atoms with E-state index >= 15 is 0 Å². The molecule has 0 saturated heterocycles. The molecule has 0 aliphatic rings. The van der Waals surface area contributed by atoms with Gasteiger partial charge in [0.15, 0.2) is 8.32 Å². The number of hydrogen-bond donors (Lipinski definition) is 1. The molecule has 102 valence electrons. The van der Waals surface area contributed by atoms with Gasteiger partial charge in [0.2, 0.25) is 0 Å². The van der Waals surface area contributed by atoms with Crippen LogP contribution in [0.25, 0.3) is 0 Å². The Hall–Kier alpha value is -0.713. The summed E-state index contributed by atoms with van der Waals surface area (Å²) in [5.74, 6) is -0.240. The molecule has 0 aromatic heterocycles. The Morgan fingerprint density at radius 3 is 2.17 bits per heavy atom.